The molecule has 0 aliphatic carbocycles. The Hall–Kier alpha value is -1.89. The van der Waals surface area contributed by atoms with Crippen molar-refractivity contribution in [2.24, 2.45) is 4.99 Å². The van der Waals surface area contributed by atoms with Gasteiger partial charge in [0.1, 0.15) is 17.7 Å². The molecule has 1 atom stereocenters. The van der Waals surface area contributed by atoms with Crippen LogP contribution in [0.25, 0.3) is 5.69 Å². The van der Waals surface area contributed by atoms with Crippen LogP contribution in [0.15, 0.2) is 35.5 Å². The standard InChI is InChI=1S/C13H12BrFN4O/c14-5-10-6-17-13(20-10)11-7-18-19(12(11)16)9-3-1-8(15)2-4-9/h1-4,7,10H,5-6,16H2. The Balaban J connectivity index is 1.91. The van der Waals surface area contributed by atoms with Crippen molar-refractivity contribution in [1.82, 2.24) is 9.78 Å². The number of nitrogens with zero attached hydrogens (tertiary/aromatic N) is 3. The van der Waals surface area contributed by atoms with Crippen molar-refractivity contribution >= 4 is 27.6 Å². The van der Waals surface area contributed by atoms with Crippen LogP contribution >= 0.6 is 15.9 Å². The number of ether oxygens (including phenoxy) is 1. The van der Waals surface area contributed by atoms with Gasteiger partial charge in [-0.3, -0.25) is 0 Å². The van der Waals surface area contributed by atoms with E-state index in [0.717, 1.165) is 0 Å². The van der Waals surface area contributed by atoms with Gasteiger partial charge in [0, 0.05) is 5.33 Å². The molecule has 0 amide bonds. The second kappa shape index (κ2) is 5.24. The van der Waals surface area contributed by atoms with E-state index in [1.165, 1.54) is 16.8 Å². The van der Waals surface area contributed by atoms with Crippen molar-refractivity contribution in [1.29, 1.82) is 0 Å². The average molecular weight is 339 g/mol. The number of aliphatic imine (C=N–C) groups is 1. The van der Waals surface area contributed by atoms with E-state index in [1.54, 1.807) is 18.3 Å². The summed E-state index contributed by atoms with van der Waals surface area (Å²) >= 11 is 3.36. The monoisotopic (exact) mass is 338 g/mol. The Labute approximate surface area is 123 Å². The minimum atomic E-state index is -0.302. The number of aromatic nitrogens is 2. The first-order valence-corrected chi connectivity index (χ1v) is 7.18. The fraction of sp³-hybridized carbons (Fsp3) is 0.231. The zero-order valence-electron chi connectivity index (χ0n) is 10.5. The molecule has 20 heavy (non-hydrogen) atoms. The summed E-state index contributed by atoms with van der Waals surface area (Å²) in [5.41, 5.74) is 7.41. The van der Waals surface area contributed by atoms with Crippen LogP contribution in [-0.4, -0.2) is 33.7 Å². The van der Waals surface area contributed by atoms with Gasteiger partial charge in [0.05, 0.1) is 24.0 Å². The lowest BCUT2D eigenvalue weighted by atomic mass is 10.3. The van der Waals surface area contributed by atoms with Gasteiger partial charge >= 0.3 is 0 Å². The average Bonchev–Trinajstić information content (AvgIpc) is 3.06. The highest BCUT2D eigenvalue weighted by molar-refractivity contribution is 9.09. The lowest BCUT2D eigenvalue weighted by molar-refractivity contribution is 0.252. The van der Waals surface area contributed by atoms with Gasteiger partial charge in [-0.05, 0) is 24.3 Å². The highest BCUT2D eigenvalue weighted by atomic mass is 79.9. The van der Waals surface area contributed by atoms with E-state index in [9.17, 15) is 4.39 Å². The zero-order chi connectivity index (χ0) is 14.1. The van der Waals surface area contributed by atoms with E-state index in [0.29, 0.717) is 34.8 Å². The number of alkyl halides is 1. The first kappa shape index (κ1) is 13.1. The van der Waals surface area contributed by atoms with Gasteiger partial charge in [0.15, 0.2) is 0 Å². The predicted octanol–water partition coefficient (Wildman–Crippen LogP) is 2.13. The van der Waals surface area contributed by atoms with Crippen molar-refractivity contribution in [2.45, 2.75) is 6.10 Å². The fourth-order valence-electron chi connectivity index (χ4n) is 1.96. The third-order valence-corrected chi connectivity index (χ3v) is 3.72. The van der Waals surface area contributed by atoms with Gasteiger partial charge in [-0.15, -0.1) is 0 Å². The van der Waals surface area contributed by atoms with Gasteiger partial charge in [-0.2, -0.15) is 5.10 Å². The molecule has 104 valence electrons. The van der Waals surface area contributed by atoms with Crippen molar-refractivity contribution in [3.05, 3.63) is 41.8 Å². The van der Waals surface area contributed by atoms with Crippen molar-refractivity contribution in [3.63, 3.8) is 0 Å². The summed E-state index contributed by atoms with van der Waals surface area (Å²) in [7, 11) is 0. The maximum absolute atomic E-state index is 12.9. The van der Waals surface area contributed by atoms with Gasteiger partial charge in [0.25, 0.3) is 0 Å². The molecule has 0 fully saturated rings. The van der Waals surface area contributed by atoms with Crippen LogP contribution in [0.3, 0.4) is 0 Å². The second-order valence-corrected chi connectivity index (χ2v) is 5.02. The van der Waals surface area contributed by atoms with Crippen molar-refractivity contribution < 1.29 is 9.13 Å². The Morgan fingerprint density at radius 1 is 1.40 bits per heavy atom. The molecule has 1 unspecified atom stereocenters. The summed E-state index contributed by atoms with van der Waals surface area (Å²) in [5, 5.41) is 4.92. The minimum Gasteiger partial charge on any atom is -0.471 e. The number of hydrogen-bond donors (Lipinski definition) is 1. The van der Waals surface area contributed by atoms with Gasteiger partial charge in [0.2, 0.25) is 5.90 Å². The SMILES string of the molecule is Nc1c(C2=NCC(CBr)O2)cnn1-c1ccc(F)cc1. The normalized spacial score (nSPS) is 17.9. The van der Waals surface area contributed by atoms with E-state index in [4.69, 9.17) is 10.5 Å². The van der Waals surface area contributed by atoms with Crippen LogP contribution in [0.5, 0.6) is 0 Å². The Morgan fingerprint density at radius 3 is 2.80 bits per heavy atom. The first-order chi connectivity index (χ1) is 9.69. The van der Waals surface area contributed by atoms with E-state index >= 15 is 0 Å². The number of rotatable bonds is 3. The quantitative estimate of drug-likeness (QED) is 0.872. The van der Waals surface area contributed by atoms with Crippen molar-refractivity contribution in [2.75, 3.05) is 17.6 Å². The highest BCUT2D eigenvalue weighted by Gasteiger charge is 2.24. The topological polar surface area (TPSA) is 65.4 Å². The molecule has 0 radical (unpaired) electrons. The molecule has 0 saturated heterocycles. The molecular weight excluding hydrogens is 327 g/mol. The lowest BCUT2D eigenvalue weighted by Gasteiger charge is -2.08. The molecule has 2 N–H and O–H groups in total. The number of halogens is 2. The van der Waals surface area contributed by atoms with E-state index in [2.05, 4.69) is 26.0 Å². The molecule has 0 saturated carbocycles. The molecule has 0 spiro atoms. The number of nitrogens with two attached hydrogens (primary N) is 1. The Bertz CT molecular complexity index is 653. The van der Waals surface area contributed by atoms with Gasteiger partial charge < -0.3 is 10.5 Å². The predicted molar refractivity (Wildman–Crippen MR) is 78.0 cm³/mol. The van der Waals surface area contributed by atoms with Crippen LogP contribution in [0.2, 0.25) is 0 Å². The number of benzene rings is 1. The Morgan fingerprint density at radius 2 is 2.15 bits per heavy atom. The Kier molecular flexibility index (Phi) is 3.43. The summed E-state index contributed by atoms with van der Waals surface area (Å²) in [6.45, 7) is 0.599. The van der Waals surface area contributed by atoms with E-state index < -0.39 is 0 Å². The van der Waals surface area contributed by atoms with Gasteiger partial charge in [-0.25, -0.2) is 14.1 Å². The molecule has 3 rings (SSSR count). The summed E-state index contributed by atoms with van der Waals surface area (Å²) in [4.78, 5) is 4.31. The molecule has 2 heterocycles. The molecule has 1 aromatic carbocycles. The van der Waals surface area contributed by atoms with Gasteiger partial charge in [-0.1, -0.05) is 15.9 Å². The first-order valence-electron chi connectivity index (χ1n) is 6.06. The summed E-state index contributed by atoms with van der Waals surface area (Å²) in [6.07, 6.45) is 1.63. The number of anilines is 1. The molecular formula is C13H12BrFN4O. The molecule has 1 aliphatic heterocycles. The molecule has 5 nitrogen and oxygen atoms in total. The van der Waals surface area contributed by atoms with Crippen LogP contribution in [-0.2, 0) is 4.74 Å². The molecule has 0 bridgehead atoms. The van der Waals surface area contributed by atoms with Crippen molar-refractivity contribution in [3.8, 4) is 5.69 Å². The third kappa shape index (κ3) is 2.29. The van der Waals surface area contributed by atoms with Crippen LogP contribution in [0.4, 0.5) is 10.2 Å². The summed E-state index contributed by atoms with van der Waals surface area (Å²) in [5.74, 6) is 0.620. The highest BCUT2D eigenvalue weighted by Crippen LogP contribution is 2.21. The number of nitrogen functional groups attached to an aromatic ring is 1. The lowest BCUT2D eigenvalue weighted by Crippen LogP contribution is -2.15. The minimum absolute atomic E-state index is 0.0265. The summed E-state index contributed by atoms with van der Waals surface area (Å²) < 4.78 is 20.1. The van der Waals surface area contributed by atoms with E-state index in [-0.39, 0.29) is 11.9 Å². The third-order valence-electron chi connectivity index (χ3n) is 3.00. The molecule has 1 aliphatic rings. The maximum Gasteiger partial charge on any atom is 0.222 e. The number of hydrogen-bond acceptors (Lipinski definition) is 4. The smallest absolute Gasteiger partial charge is 0.222 e. The largest absolute Gasteiger partial charge is 0.471 e. The van der Waals surface area contributed by atoms with E-state index in [1.807, 2.05) is 0 Å². The maximum atomic E-state index is 12.9. The van der Waals surface area contributed by atoms with Crippen LogP contribution in [0.1, 0.15) is 5.56 Å². The molecule has 7 heteroatoms. The zero-order valence-corrected chi connectivity index (χ0v) is 12.0. The molecule has 2 aromatic rings. The molecule has 1 aromatic heterocycles. The van der Waals surface area contributed by atoms with Crippen LogP contribution in [0, 0.1) is 5.82 Å². The summed E-state index contributed by atoms with van der Waals surface area (Å²) in [6, 6.07) is 5.95. The van der Waals surface area contributed by atoms with Crippen LogP contribution < -0.4 is 5.73 Å². The second-order valence-electron chi connectivity index (χ2n) is 4.37. The fourth-order valence-corrected chi connectivity index (χ4v) is 2.29.